The minimum atomic E-state index is -0.495. The van der Waals surface area contributed by atoms with E-state index in [0.29, 0.717) is 17.0 Å². The summed E-state index contributed by atoms with van der Waals surface area (Å²) in [5.74, 6) is -0.0532. The number of Topliss-reactive ketones (excluding diaryl/α,β-unsaturated/α-hetero) is 1. The molecule has 0 aromatic heterocycles. The van der Waals surface area contributed by atoms with Crippen LogP contribution in [0.4, 0.5) is 0 Å². The molecule has 0 saturated carbocycles. The number of hydrogen-bond donors (Lipinski definition) is 1. The van der Waals surface area contributed by atoms with Gasteiger partial charge in [-0.1, -0.05) is 12.1 Å². The molecule has 1 aromatic rings. The second kappa shape index (κ2) is 6.39. The lowest BCUT2D eigenvalue weighted by atomic mass is 9.83. The number of rotatable bonds is 4. The van der Waals surface area contributed by atoms with E-state index in [2.05, 4.69) is 5.32 Å². The predicted molar refractivity (Wildman–Crippen MR) is 81.5 cm³/mol. The van der Waals surface area contributed by atoms with E-state index in [1.165, 1.54) is 6.92 Å². The van der Waals surface area contributed by atoms with Gasteiger partial charge in [-0.15, -0.1) is 0 Å². The molecular weight excluding hydrogens is 266 g/mol. The van der Waals surface area contributed by atoms with Crippen molar-refractivity contribution in [2.75, 3.05) is 13.1 Å². The molecule has 114 valence electrons. The largest absolute Gasteiger partial charge is 0.456 e. The Morgan fingerprint density at radius 2 is 1.81 bits per heavy atom. The summed E-state index contributed by atoms with van der Waals surface area (Å²) in [7, 11) is 0. The van der Waals surface area contributed by atoms with Gasteiger partial charge in [0, 0.05) is 11.5 Å². The highest BCUT2D eigenvalue weighted by Crippen LogP contribution is 2.29. The third kappa shape index (κ3) is 3.91. The predicted octanol–water partition coefficient (Wildman–Crippen LogP) is 2.82. The van der Waals surface area contributed by atoms with Gasteiger partial charge in [-0.25, -0.2) is 4.79 Å². The van der Waals surface area contributed by atoms with Crippen LogP contribution in [-0.2, 0) is 4.74 Å². The number of piperidine rings is 1. The highest BCUT2D eigenvalue weighted by molar-refractivity contribution is 5.97. The van der Waals surface area contributed by atoms with Crippen LogP contribution >= 0.6 is 0 Å². The Balaban J connectivity index is 2.09. The Morgan fingerprint density at radius 1 is 1.19 bits per heavy atom. The maximum Gasteiger partial charge on any atom is 0.338 e. The third-order valence-electron chi connectivity index (χ3n) is 4.18. The molecule has 1 aliphatic heterocycles. The molecule has 1 aromatic carbocycles. The van der Waals surface area contributed by atoms with Crippen LogP contribution in [0.5, 0.6) is 0 Å². The zero-order chi connectivity index (χ0) is 15.5. The number of nitrogens with one attached hydrogen (secondary N) is 1. The van der Waals surface area contributed by atoms with Crippen molar-refractivity contribution < 1.29 is 14.3 Å². The van der Waals surface area contributed by atoms with E-state index in [-0.39, 0.29) is 11.8 Å². The lowest BCUT2D eigenvalue weighted by Gasteiger charge is -2.36. The summed E-state index contributed by atoms with van der Waals surface area (Å²) in [6.07, 6.45) is 2.02. The summed E-state index contributed by atoms with van der Waals surface area (Å²) in [6, 6.07) is 6.71. The maximum absolute atomic E-state index is 12.3. The van der Waals surface area contributed by atoms with Crippen LogP contribution in [0, 0.1) is 5.92 Å². The van der Waals surface area contributed by atoms with Crippen molar-refractivity contribution in [3.05, 3.63) is 35.4 Å². The van der Waals surface area contributed by atoms with Gasteiger partial charge in [-0.3, -0.25) is 4.79 Å². The van der Waals surface area contributed by atoms with Gasteiger partial charge in [0.25, 0.3) is 0 Å². The number of ketones is 1. The summed E-state index contributed by atoms with van der Waals surface area (Å²) in [6.45, 7) is 7.35. The minimum Gasteiger partial charge on any atom is -0.456 e. The molecule has 0 bridgehead atoms. The zero-order valence-electron chi connectivity index (χ0n) is 12.9. The molecule has 0 spiro atoms. The number of esters is 1. The van der Waals surface area contributed by atoms with Gasteiger partial charge < -0.3 is 10.1 Å². The van der Waals surface area contributed by atoms with Crippen molar-refractivity contribution in [1.29, 1.82) is 0 Å². The average Bonchev–Trinajstić information content (AvgIpc) is 2.48. The lowest BCUT2D eigenvalue weighted by Crippen LogP contribution is -2.42. The Labute approximate surface area is 125 Å². The number of hydrogen-bond acceptors (Lipinski definition) is 4. The first kappa shape index (κ1) is 15.7. The molecule has 1 saturated heterocycles. The van der Waals surface area contributed by atoms with Gasteiger partial charge in [0.2, 0.25) is 0 Å². The van der Waals surface area contributed by atoms with E-state index in [9.17, 15) is 9.59 Å². The van der Waals surface area contributed by atoms with Gasteiger partial charge in [0.05, 0.1) is 5.56 Å². The van der Waals surface area contributed by atoms with Gasteiger partial charge in [-0.2, -0.15) is 0 Å². The molecular formula is C17H23NO3. The molecule has 4 nitrogen and oxygen atoms in total. The van der Waals surface area contributed by atoms with Gasteiger partial charge in [0.15, 0.2) is 5.78 Å². The van der Waals surface area contributed by atoms with E-state index in [1.54, 1.807) is 24.3 Å². The highest BCUT2D eigenvalue weighted by atomic mass is 16.6. The SMILES string of the molecule is CC(=O)c1cccc(C(=O)OC(C)(C)C2CCNCC2)c1. The van der Waals surface area contributed by atoms with E-state index >= 15 is 0 Å². The van der Waals surface area contributed by atoms with Gasteiger partial charge >= 0.3 is 5.97 Å². The molecule has 1 heterocycles. The summed E-state index contributed by atoms with van der Waals surface area (Å²) < 4.78 is 5.72. The van der Waals surface area contributed by atoms with E-state index in [4.69, 9.17) is 4.74 Å². The van der Waals surface area contributed by atoms with Crippen LogP contribution in [0.25, 0.3) is 0 Å². The number of carbonyl (C=O) groups is 2. The molecule has 1 N–H and O–H groups in total. The van der Waals surface area contributed by atoms with E-state index < -0.39 is 5.60 Å². The Hall–Kier alpha value is -1.68. The Bertz CT molecular complexity index is 531. The normalized spacial score (nSPS) is 16.5. The number of ether oxygens (including phenoxy) is 1. The zero-order valence-corrected chi connectivity index (χ0v) is 12.9. The van der Waals surface area contributed by atoms with E-state index in [1.807, 2.05) is 13.8 Å². The average molecular weight is 289 g/mol. The van der Waals surface area contributed by atoms with Crippen molar-refractivity contribution in [1.82, 2.24) is 5.32 Å². The molecule has 0 amide bonds. The van der Waals surface area contributed by atoms with Gasteiger partial charge in [0.1, 0.15) is 5.60 Å². The topological polar surface area (TPSA) is 55.4 Å². The van der Waals surface area contributed by atoms with Gasteiger partial charge in [-0.05, 0) is 58.8 Å². The first-order chi connectivity index (χ1) is 9.90. The lowest BCUT2D eigenvalue weighted by molar-refractivity contribution is -0.0368. The minimum absolute atomic E-state index is 0.0535. The fourth-order valence-corrected chi connectivity index (χ4v) is 2.76. The Kier molecular flexibility index (Phi) is 4.78. The van der Waals surface area contributed by atoms with Crippen LogP contribution in [0.15, 0.2) is 24.3 Å². The van der Waals surface area contributed by atoms with Crippen molar-refractivity contribution in [3.8, 4) is 0 Å². The third-order valence-corrected chi connectivity index (χ3v) is 4.18. The first-order valence-corrected chi connectivity index (χ1v) is 7.45. The summed E-state index contributed by atoms with van der Waals surface area (Å²) in [4.78, 5) is 23.7. The Morgan fingerprint density at radius 3 is 2.43 bits per heavy atom. The molecule has 0 radical (unpaired) electrons. The first-order valence-electron chi connectivity index (χ1n) is 7.45. The molecule has 1 aliphatic rings. The van der Waals surface area contributed by atoms with Crippen molar-refractivity contribution in [2.45, 2.75) is 39.2 Å². The van der Waals surface area contributed by atoms with Crippen LogP contribution in [-0.4, -0.2) is 30.4 Å². The number of carbonyl (C=O) groups excluding carboxylic acids is 2. The smallest absolute Gasteiger partial charge is 0.338 e. The molecule has 0 aliphatic carbocycles. The molecule has 4 heteroatoms. The van der Waals surface area contributed by atoms with Crippen LogP contribution in [0.3, 0.4) is 0 Å². The molecule has 2 rings (SSSR count). The highest BCUT2D eigenvalue weighted by Gasteiger charge is 2.34. The van der Waals surface area contributed by atoms with Crippen molar-refractivity contribution in [2.24, 2.45) is 5.92 Å². The monoisotopic (exact) mass is 289 g/mol. The molecule has 1 fully saturated rings. The van der Waals surface area contributed by atoms with Crippen LogP contribution in [0.1, 0.15) is 54.3 Å². The summed E-state index contributed by atoms with van der Waals surface area (Å²) in [5, 5.41) is 3.31. The van der Waals surface area contributed by atoms with Crippen molar-refractivity contribution >= 4 is 11.8 Å². The summed E-state index contributed by atoms with van der Waals surface area (Å²) in [5.41, 5.74) is 0.472. The second-order valence-corrected chi connectivity index (χ2v) is 6.15. The van der Waals surface area contributed by atoms with Crippen LogP contribution in [0.2, 0.25) is 0 Å². The summed E-state index contributed by atoms with van der Waals surface area (Å²) >= 11 is 0. The van der Waals surface area contributed by atoms with E-state index in [0.717, 1.165) is 25.9 Å². The quantitative estimate of drug-likeness (QED) is 0.684. The van der Waals surface area contributed by atoms with Crippen LogP contribution < -0.4 is 5.32 Å². The fourth-order valence-electron chi connectivity index (χ4n) is 2.76. The second-order valence-electron chi connectivity index (χ2n) is 6.15. The van der Waals surface area contributed by atoms with Crippen molar-refractivity contribution in [3.63, 3.8) is 0 Å². The number of benzene rings is 1. The maximum atomic E-state index is 12.3. The fraction of sp³-hybridized carbons (Fsp3) is 0.529. The molecule has 0 atom stereocenters. The molecule has 0 unspecified atom stereocenters. The molecule has 21 heavy (non-hydrogen) atoms. The standard InChI is InChI=1S/C17H23NO3/c1-12(19)13-5-4-6-14(11-13)16(20)21-17(2,3)15-7-9-18-10-8-15/h4-6,11,15,18H,7-10H2,1-3H3.